The quantitative estimate of drug-likeness (QED) is 0.0908. The molecule has 0 N–H and O–H groups in total. The molecule has 312 valence electrons. The molecule has 0 fully saturated rings. The topological polar surface area (TPSA) is 48.7 Å². The maximum absolute atomic E-state index is 10.1. The Morgan fingerprint density at radius 2 is 0.688 bits per heavy atom. The lowest BCUT2D eigenvalue weighted by Gasteiger charge is -2.25. The minimum absolute atomic E-state index is 0.625. The number of hydrogen-bond donors (Lipinski definition) is 0. The summed E-state index contributed by atoms with van der Waals surface area (Å²) >= 11 is 0. The van der Waals surface area contributed by atoms with Crippen molar-refractivity contribution in [3.63, 3.8) is 0 Å². The van der Waals surface area contributed by atoms with E-state index in [-0.39, 0.29) is 0 Å². The van der Waals surface area contributed by atoms with Crippen LogP contribution in [0.5, 0.6) is 11.5 Å². The fraction of sp³-hybridized carbons (Fsp3) is 0.0678. The van der Waals surface area contributed by atoms with Crippen LogP contribution in [-0.2, 0) is 0 Å². The maximum atomic E-state index is 10.1. The molecule has 0 aliphatic rings. The standard InChI is InChI=1S/C59H49N3O2/c1-3-63-58-39-35-56(36-40-58)61(52-11-7-5-8-12-52)54-31-25-47(26-32-54)20-17-45-15-18-46(19-16-45)23-29-50-30-24-49(43-51(50)44-60)22-21-48-27-33-55(34-28-48)62(53-13-9-6-10-14-53)57-37-41-59(42-38-57)64-4-2/h5-43H,3-4H2,1-2H3/b20-17-,22-21-,29-23-. The zero-order chi connectivity index (χ0) is 43.9. The van der Waals surface area contributed by atoms with Crippen molar-refractivity contribution in [3.05, 3.63) is 239 Å². The summed E-state index contributed by atoms with van der Waals surface area (Å²) in [6.07, 6.45) is 12.4. The monoisotopic (exact) mass is 831 g/mol. The highest BCUT2D eigenvalue weighted by atomic mass is 16.5. The second-order valence-electron chi connectivity index (χ2n) is 15.0. The minimum Gasteiger partial charge on any atom is -0.494 e. The van der Waals surface area contributed by atoms with E-state index in [9.17, 15) is 5.26 Å². The number of ether oxygens (including phenoxy) is 2. The van der Waals surface area contributed by atoms with Gasteiger partial charge in [-0.05, 0) is 150 Å². The third-order valence-corrected chi connectivity index (χ3v) is 10.7. The first-order chi connectivity index (χ1) is 31.6. The number of benzene rings is 8. The van der Waals surface area contributed by atoms with Crippen LogP contribution in [0, 0.1) is 11.3 Å². The van der Waals surface area contributed by atoms with Gasteiger partial charge in [-0.1, -0.05) is 134 Å². The molecule has 0 heterocycles. The summed E-state index contributed by atoms with van der Waals surface area (Å²) in [5.74, 6) is 1.71. The van der Waals surface area contributed by atoms with E-state index in [0.29, 0.717) is 18.8 Å². The summed E-state index contributed by atoms with van der Waals surface area (Å²) in [5.41, 5.74) is 13.2. The van der Waals surface area contributed by atoms with E-state index < -0.39 is 0 Å². The molecule has 8 aromatic rings. The molecule has 5 heteroatoms. The first-order valence-corrected chi connectivity index (χ1v) is 21.6. The molecule has 0 saturated heterocycles. The Bertz CT molecular complexity index is 2860. The molecule has 0 saturated carbocycles. The van der Waals surface area contributed by atoms with Crippen LogP contribution >= 0.6 is 0 Å². The molecule has 0 spiro atoms. The number of rotatable bonds is 16. The van der Waals surface area contributed by atoms with Gasteiger partial charge >= 0.3 is 0 Å². The highest BCUT2D eigenvalue weighted by molar-refractivity contribution is 5.81. The van der Waals surface area contributed by atoms with Crippen molar-refractivity contribution in [2.45, 2.75) is 13.8 Å². The zero-order valence-corrected chi connectivity index (χ0v) is 36.1. The van der Waals surface area contributed by atoms with E-state index in [2.05, 4.69) is 180 Å². The summed E-state index contributed by atoms with van der Waals surface area (Å²) in [6.45, 7) is 5.25. The van der Waals surface area contributed by atoms with Gasteiger partial charge in [0, 0.05) is 34.1 Å². The van der Waals surface area contributed by atoms with Gasteiger partial charge in [0.2, 0.25) is 0 Å². The Morgan fingerprint density at radius 1 is 0.375 bits per heavy atom. The molecule has 5 nitrogen and oxygen atoms in total. The number of anilines is 6. The Labute approximate surface area is 377 Å². The molecule has 64 heavy (non-hydrogen) atoms. The smallest absolute Gasteiger partial charge is 0.119 e. The van der Waals surface area contributed by atoms with Crippen LogP contribution < -0.4 is 19.3 Å². The number of nitriles is 1. The van der Waals surface area contributed by atoms with Gasteiger partial charge in [-0.3, -0.25) is 0 Å². The average molecular weight is 832 g/mol. The minimum atomic E-state index is 0.625. The molecule has 0 amide bonds. The second-order valence-corrected chi connectivity index (χ2v) is 15.0. The lowest BCUT2D eigenvalue weighted by Crippen LogP contribution is -2.09. The van der Waals surface area contributed by atoms with Crippen LogP contribution in [0.1, 0.15) is 52.8 Å². The van der Waals surface area contributed by atoms with Crippen molar-refractivity contribution in [2.75, 3.05) is 23.0 Å². The van der Waals surface area contributed by atoms with Gasteiger partial charge in [0.25, 0.3) is 0 Å². The fourth-order valence-electron chi connectivity index (χ4n) is 7.44. The van der Waals surface area contributed by atoms with Crippen molar-refractivity contribution in [2.24, 2.45) is 0 Å². The van der Waals surface area contributed by atoms with E-state index in [1.807, 2.05) is 86.7 Å². The predicted molar refractivity (Wildman–Crippen MR) is 269 cm³/mol. The molecule has 0 aliphatic carbocycles. The normalized spacial score (nSPS) is 11.2. The summed E-state index contributed by atoms with van der Waals surface area (Å²) < 4.78 is 11.4. The van der Waals surface area contributed by atoms with Gasteiger partial charge in [0.15, 0.2) is 0 Å². The molecule has 8 rings (SSSR count). The molecule has 0 radical (unpaired) electrons. The SMILES string of the molecule is CCOc1ccc(N(c2ccccc2)c2ccc(/C=C\c3ccc(/C=C\c4ccc(/C=C\c5ccc(N(c6ccccc6)c6ccc(OCC)cc6)cc5)cc4C#N)cc3)cc2)cc1. The summed E-state index contributed by atoms with van der Waals surface area (Å²) in [7, 11) is 0. The van der Waals surface area contributed by atoms with Crippen LogP contribution in [0.3, 0.4) is 0 Å². The molecular formula is C59H49N3O2. The summed E-state index contributed by atoms with van der Waals surface area (Å²) in [6, 6.07) is 71.0. The van der Waals surface area contributed by atoms with E-state index >= 15 is 0 Å². The third kappa shape index (κ3) is 10.8. The van der Waals surface area contributed by atoms with Crippen LogP contribution in [0.4, 0.5) is 34.1 Å². The molecule has 0 atom stereocenters. The van der Waals surface area contributed by atoms with E-state index in [4.69, 9.17) is 9.47 Å². The third-order valence-electron chi connectivity index (χ3n) is 10.7. The Hall–Kier alpha value is -8.33. The number of hydrogen-bond acceptors (Lipinski definition) is 5. The first kappa shape index (κ1) is 42.4. The molecule has 8 aromatic carbocycles. The van der Waals surface area contributed by atoms with Crippen molar-refractivity contribution >= 4 is 70.6 Å². The lowest BCUT2D eigenvalue weighted by molar-refractivity contribution is 0.340. The number of para-hydroxylation sites is 2. The van der Waals surface area contributed by atoms with Gasteiger partial charge in [-0.15, -0.1) is 0 Å². The van der Waals surface area contributed by atoms with Crippen LogP contribution in [0.25, 0.3) is 36.5 Å². The molecular weight excluding hydrogens is 783 g/mol. The van der Waals surface area contributed by atoms with Crippen LogP contribution in [-0.4, -0.2) is 13.2 Å². The predicted octanol–water partition coefficient (Wildman–Crippen LogP) is 15.8. The Morgan fingerprint density at radius 3 is 1.06 bits per heavy atom. The summed E-state index contributed by atoms with van der Waals surface area (Å²) in [4.78, 5) is 4.47. The van der Waals surface area contributed by atoms with Crippen molar-refractivity contribution < 1.29 is 9.47 Å². The van der Waals surface area contributed by atoms with E-state index in [0.717, 1.165) is 79.0 Å². The zero-order valence-electron chi connectivity index (χ0n) is 36.1. The van der Waals surface area contributed by atoms with Gasteiger partial charge in [-0.2, -0.15) is 5.26 Å². The highest BCUT2D eigenvalue weighted by Gasteiger charge is 2.14. The van der Waals surface area contributed by atoms with Gasteiger partial charge < -0.3 is 19.3 Å². The largest absolute Gasteiger partial charge is 0.494 e. The number of nitrogens with zero attached hydrogens (tertiary/aromatic N) is 3. The van der Waals surface area contributed by atoms with Gasteiger partial charge in [0.1, 0.15) is 11.5 Å². The van der Waals surface area contributed by atoms with Crippen LogP contribution in [0.15, 0.2) is 200 Å². The molecule has 0 aliphatic heterocycles. The average Bonchev–Trinajstić information content (AvgIpc) is 3.35. The van der Waals surface area contributed by atoms with Crippen molar-refractivity contribution in [1.82, 2.24) is 0 Å². The van der Waals surface area contributed by atoms with E-state index in [1.54, 1.807) is 0 Å². The van der Waals surface area contributed by atoms with Crippen LogP contribution in [0.2, 0.25) is 0 Å². The second kappa shape index (κ2) is 21.0. The lowest BCUT2D eigenvalue weighted by atomic mass is 10.0. The molecule has 0 bridgehead atoms. The fourth-order valence-corrected chi connectivity index (χ4v) is 7.44. The van der Waals surface area contributed by atoms with Crippen molar-refractivity contribution in [3.8, 4) is 17.6 Å². The Balaban J connectivity index is 0.899. The van der Waals surface area contributed by atoms with Gasteiger partial charge in [0.05, 0.1) is 24.8 Å². The van der Waals surface area contributed by atoms with E-state index in [1.165, 1.54) is 0 Å². The van der Waals surface area contributed by atoms with Crippen molar-refractivity contribution in [1.29, 1.82) is 5.26 Å². The summed E-state index contributed by atoms with van der Waals surface area (Å²) in [5, 5.41) is 10.1. The Kier molecular flexibility index (Phi) is 13.9. The highest BCUT2D eigenvalue weighted by Crippen LogP contribution is 2.37. The first-order valence-electron chi connectivity index (χ1n) is 21.6. The molecule has 0 unspecified atom stereocenters. The van der Waals surface area contributed by atoms with Gasteiger partial charge in [-0.25, -0.2) is 0 Å². The molecule has 0 aromatic heterocycles. The maximum Gasteiger partial charge on any atom is 0.119 e.